The zero-order valence-corrected chi connectivity index (χ0v) is 21.2. The number of carbonyl (C=O) groups excluding carboxylic acids is 1. The summed E-state index contributed by atoms with van der Waals surface area (Å²) in [5, 5.41) is 12.2. The average molecular weight is 495 g/mol. The van der Waals surface area contributed by atoms with Gasteiger partial charge < -0.3 is 15.0 Å². The number of benzene rings is 3. The van der Waals surface area contributed by atoms with Crippen LogP contribution in [0.25, 0.3) is 0 Å². The molecule has 3 aromatic carbocycles. The van der Waals surface area contributed by atoms with Crippen LogP contribution in [0.1, 0.15) is 47.2 Å². The first-order valence-electron chi connectivity index (χ1n) is 13.3. The van der Waals surface area contributed by atoms with E-state index < -0.39 is 0 Å². The van der Waals surface area contributed by atoms with Gasteiger partial charge in [0, 0.05) is 62.9 Å². The number of likely N-dealkylation sites (tertiary alicyclic amines) is 1. The second-order valence-electron chi connectivity index (χ2n) is 10.0. The number of nitrogens with one attached hydrogen (secondary N) is 1. The fourth-order valence-corrected chi connectivity index (χ4v) is 5.23. The van der Waals surface area contributed by atoms with Crippen LogP contribution >= 0.6 is 0 Å². The van der Waals surface area contributed by atoms with Crippen LogP contribution in [0.4, 0.5) is 5.69 Å². The average Bonchev–Trinajstić information content (AvgIpc) is 2.95. The molecule has 0 saturated carbocycles. The molecule has 3 aromatic rings. The van der Waals surface area contributed by atoms with Crippen LogP contribution < -0.4 is 15.0 Å². The third-order valence-electron chi connectivity index (χ3n) is 7.37. The molecule has 0 atom stereocenters. The molecule has 190 valence electrons. The lowest BCUT2D eigenvalue weighted by Gasteiger charge is -2.34. The summed E-state index contributed by atoms with van der Waals surface area (Å²) in [5.74, 6) is 0.727. The fourth-order valence-electron chi connectivity index (χ4n) is 5.23. The number of rotatable bonds is 7. The molecule has 6 nitrogen and oxygen atoms in total. The Bertz CT molecular complexity index is 1210. The van der Waals surface area contributed by atoms with E-state index in [1.54, 1.807) is 0 Å². The second-order valence-corrected chi connectivity index (χ2v) is 10.0. The zero-order valence-electron chi connectivity index (χ0n) is 21.2. The first-order valence-corrected chi connectivity index (χ1v) is 13.3. The van der Waals surface area contributed by atoms with E-state index in [9.17, 15) is 4.79 Å². The number of piperidine rings is 2. The largest absolute Gasteiger partial charge is 0.490 e. The van der Waals surface area contributed by atoms with Gasteiger partial charge in [-0.25, -0.2) is 0 Å². The molecule has 2 saturated heterocycles. The van der Waals surface area contributed by atoms with Crippen LogP contribution in [0.2, 0.25) is 0 Å². The van der Waals surface area contributed by atoms with Gasteiger partial charge in [0.2, 0.25) is 0 Å². The number of hydrogen-bond donors (Lipinski definition) is 1. The minimum atomic E-state index is -0.0254. The molecule has 0 aliphatic carbocycles. The summed E-state index contributed by atoms with van der Waals surface area (Å²) < 4.78 is 6.27. The van der Waals surface area contributed by atoms with Gasteiger partial charge in [0.25, 0.3) is 5.91 Å². The minimum absolute atomic E-state index is 0.0254. The summed E-state index contributed by atoms with van der Waals surface area (Å²) in [6.45, 7) is 4.75. The Morgan fingerprint density at radius 1 is 0.892 bits per heavy atom. The van der Waals surface area contributed by atoms with Gasteiger partial charge in [-0.05, 0) is 60.9 Å². The first kappa shape index (κ1) is 24.9. The highest BCUT2D eigenvalue weighted by atomic mass is 16.5. The Balaban J connectivity index is 1.08. The quantitative estimate of drug-likeness (QED) is 0.501. The van der Waals surface area contributed by atoms with E-state index in [-0.39, 0.29) is 18.1 Å². The van der Waals surface area contributed by atoms with Gasteiger partial charge in [-0.1, -0.05) is 36.4 Å². The van der Waals surface area contributed by atoms with E-state index in [4.69, 9.17) is 10.00 Å². The van der Waals surface area contributed by atoms with Crippen molar-refractivity contribution in [2.24, 2.45) is 0 Å². The molecule has 2 aliphatic heterocycles. The number of ether oxygens (including phenoxy) is 1. The number of anilines is 1. The number of amides is 1. The van der Waals surface area contributed by atoms with Gasteiger partial charge in [0.1, 0.15) is 11.9 Å². The smallest absolute Gasteiger partial charge is 0.251 e. The summed E-state index contributed by atoms with van der Waals surface area (Å²) in [7, 11) is 0. The Hall–Kier alpha value is -3.82. The Labute approximate surface area is 219 Å². The number of carbonyl (C=O) groups is 1. The topological polar surface area (TPSA) is 68.6 Å². The summed E-state index contributed by atoms with van der Waals surface area (Å²) >= 11 is 0. The van der Waals surface area contributed by atoms with Crippen molar-refractivity contribution in [2.75, 3.05) is 31.1 Å². The van der Waals surface area contributed by atoms with Crippen LogP contribution in [0.5, 0.6) is 5.75 Å². The number of hydrogen-bond acceptors (Lipinski definition) is 5. The van der Waals surface area contributed by atoms with Crippen molar-refractivity contribution in [1.29, 1.82) is 5.26 Å². The van der Waals surface area contributed by atoms with Crippen molar-refractivity contribution in [3.8, 4) is 11.8 Å². The zero-order chi connectivity index (χ0) is 25.5. The molecule has 2 heterocycles. The van der Waals surface area contributed by atoms with Gasteiger partial charge in [0.05, 0.1) is 11.6 Å². The van der Waals surface area contributed by atoms with E-state index >= 15 is 0 Å². The molecule has 0 bridgehead atoms. The summed E-state index contributed by atoms with van der Waals surface area (Å²) in [5.41, 5.74) is 3.81. The molecule has 1 N–H and O–H groups in total. The molecule has 2 aliphatic rings. The monoisotopic (exact) mass is 494 g/mol. The SMILES string of the molecule is N#Cc1ccc(N2CCC(Oc3cccc(C(=O)NC4CCN(Cc5ccccc5)CC4)c3)CC2)cc1. The lowest BCUT2D eigenvalue weighted by atomic mass is 10.0. The first-order chi connectivity index (χ1) is 18.2. The summed E-state index contributed by atoms with van der Waals surface area (Å²) in [6.07, 6.45) is 3.89. The van der Waals surface area contributed by atoms with Crippen molar-refractivity contribution >= 4 is 11.6 Å². The van der Waals surface area contributed by atoms with Crippen molar-refractivity contribution in [1.82, 2.24) is 10.2 Å². The molecule has 0 unspecified atom stereocenters. The predicted octanol–water partition coefficient (Wildman–Crippen LogP) is 5.00. The van der Waals surface area contributed by atoms with E-state index in [2.05, 4.69) is 45.5 Å². The van der Waals surface area contributed by atoms with Gasteiger partial charge in [-0.2, -0.15) is 5.26 Å². The highest BCUT2D eigenvalue weighted by Crippen LogP contribution is 2.24. The predicted molar refractivity (Wildman–Crippen MR) is 146 cm³/mol. The molecule has 0 aromatic heterocycles. The molecular formula is C31H34N4O2. The third kappa shape index (κ3) is 6.69. The van der Waals surface area contributed by atoms with Gasteiger partial charge in [0.15, 0.2) is 0 Å². The highest BCUT2D eigenvalue weighted by Gasteiger charge is 2.23. The normalized spacial score (nSPS) is 17.2. The van der Waals surface area contributed by atoms with Crippen molar-refractivity contribution < 1.29 is 9.53 Å². The molecule has 0 radical (unpaired) electrons. The summed E-state index contributed by atoms with van der Waals surface area (Å²) in [4.78, 5) is 17.8. The van der Waals surface area contributed by atoms with E-state index in [0.717, 1.165) is 69.8 Å². The van der Waals surface area contributed by atoms with E-state index in [1.807, 2.05) is 54.6 Å². The van der Waals surface area contributed by atoms with Crippen LogP contribution in [0.3, 0.4) is 0 Å². The van der Waals surface area contributed by atoms with Gasteiger partial charge in [-0.15, -0.1) is 0 Å². The molecule has 5 rings (SSSR count). The van der Waals surface area contributed by atoms with Crippen molar-refractivity contribution in [3.05, 3.63) is 95.6 Å². The van der Waals surface area contributed by atoms with Gasteiger partial charge >= 0.3 is 0 Å². The second kappa shape index (κ2) is 11.9. The van der Waals surface area contributed by atoms with Crippen LogP contribution in [-0.2, 0) is 6.54 Å². The molecule has 0 spiro atoms. The van der Waals surface area contributed by atoms with Crippen LogP contribution in [0.15, 0.2) is 78.9 Å². The lowest BCUT2D eigenvalue weighted by molar-refractivity contribution is 0.0907. The Morgan fingerprint density at radius 2 is 1.62 bits per heavy atom. The van der Waals surface area contributed by atoms with Gasteiger partial charge in [-0.3, -0.25) is 9.69 Å². The van der Waals surface area contributed by atoms with Crippen LogP contribution in [0, 0.1) is 11.3 Å². The molecule has 1 amide bonds. The minimum Gasteiger partial charge on any atom is -0.490 e. The number of nitrogens with zero attached hydrogens (tertiary/aromatic N) is 3. The highest BCUT2D eigenvalue weighted by molar-refractivity contribution is 5.94. The van der Waals surface area contributed by atoms with E-state index in [0.29, 0.717) is 11.1 Å². The van der Waals surface area contributed by atoms with Crippen molar-refractivity contribution in [2.45, 2.75) is 44.4 Å². The fraction of sp³-hybridized carbons (Fsp3) is 0.355. The maximum Gasteiger partial charge on any atom is 0.251 e. The Kier molecular flexibility index (Phi) is 8.02. The summed E-state index contributed by atoms with van der Waals surface area (Å²) in [6, 6.07) is 28.2. The number of nitriles is 1. The molecule has 2 fully saturated rings. The molecule has 6 heteroatoms. The van der Waals surface area contributed by atoms with Crippen LogP contribution in [-0.4, -0.2) is 49.1 Å². The molecule has 37 heavy (non-hydrogen) atoms. The van der Waals surface area contributed by atoms with E-state index in [1.165, 1.54) is 5.56 Å². The Morgan fingerprint density at radius 3 is 2.32 bits per heavy atom. The maximum absolute atomic E-state index is 13.0. The standard InChI is InChI=1S/C31H34N4O2/c32-22-24-9-11-28(12-10-24)35-19-15-29(16-20-35)37-30-8-4-7-26(21-30)31(36)33-27-13-17-34(18-14-27)23-25-5-2-1-3-6-25/h1-12,21,27,29H,13-20,23H2,(H,33,36). The molecular weight excluding hydrogens is 460 g/mol. The van der Waals surface area contributed by atoms with Crippen molar-refractivity contribution in [3.63, 3.8) is 0 Å². The maximum atomic E-state index is 13.0. The third-order valence-corrected chi connectivity index (χ3v) is 7.37. The lowest BCUT2D eigenvalue weighted by Crippen LogP contribution is -2.44.